The van der Waals surface area contributed by atoms with Crippen molar-refractivity contribution in [2.24, 2.45) is 5.92 Å². The van der Waals surface area contributed by atoms with Crippen LogP contribution in [0.1, 0.15) is 58.9 Å². The average molecular weight is 467 g/mol. The van der Waals surface area contributed by atoms with Gasteiger partial charge in [0.1, 0.15) is 11.6 Å². The van der Waals surface area contributed by atoms with Crippen molar-refractivity contribution in [2.45, 2.75) is 65.0 Å². The number of halogens is 1. The van der Waals surface area contributed by atoms with Gasteiger partial charge in [0.05, 0.1) is 0 Å². The van der Waals surface area contributed by atoms with Gasteiger partial charge in [-0.2, -0.15) is 0 Å². The molecule has 1 aromatic rings. The van der Waals surface area contributed by atoms with E-state index in [1.54, 1.807) is 24.3 Å². The van der Waals surface area contributed by atoms with Gasteiger partial charge in [-0.25, -0.2) is 4.79 Å². The fourth-order valence-corrected chi connectivity index (χ4v) is 4.86. The highest BCUT2D eigenvalue weighted by molar-refractivity contribution is 6.31. The van der Waals surface area contributed by atoms with Crippen molar-refractivity contribution in [3.05, 3.63) is 34.9 Å². The van der Waals surface area contributed by atoms with Crippen LogP contribution < -0.4 is 0 Å². The molecule has 0 heterocycles. The molecule has 1 amide bonds. The first-order valence-electron chi connectivity index (χ1n) is 11.3. The van der Waals surface area contributed by atoms with E-state index in [0.29, 0.717) is 36.5 Å². The largest absolute Gasteiger partial charge is 0.427 e. The third-order valence-corrected chi connectivity index (χ3v) is 6.61. The van der Waals surface area contributed by atoms with Crippen LogP contribution in [0.2, 0.25) is 5.02 Å². The third kappa shape index (κ3) is 5.44. The van der Waals surface area contributed by atoms with Crippen LogP contribution in [0.25, 0.3) is 0 Å². The van der Waals surface area contributed by atoms with E-state index in [4.69, 9.17) is 21.1 Å². The summed E-state index contributed by atoms with van der Waals surface area (Å²) in [6, 6.07) is 6.64. The topological polar surface area (TPSA) is 76.2 Å². The Morgan fingerprint density at radius 3 is 2.34 bits per heavy atom. The maximum Gasteiger partial charge on any atom is 0.413 e. The molecule has 8 heteroatoms. The summed E-state index contributed by atoms with van der Waals surface area (Å²) in [7, 11) is 1.53. The van der Waals surface area contributed by atoms with E-state index < -0.39 is 30.4 Å². The second-order valence-corrected chi connectivity index (χ2v) is 8.84. The van der Waals surface area contributed by atoms with Crippen molar-refractivity contribution in [2.75, 3.05) is 26.9 Å². The Kier molecular flexibility index (Phi) is 9.52. The van der Waals surface area contributed by atoms with Crippen molar-refractivity contribution in [1.82, 2.24) is 9.80 Å². The molecule has 0 spiro atoms. The van der Waals surface area contributed by atoms with E-state index in [0.717, 1.165) is 12.8 Å². The standard InChI is InChI=1S/C24H35ClN2O5/c1-6-27(7-2)21(17(3)4)22(29)31-16-32-23(30)26(5)24(15-11-10-14-20(24)28)18-12-8-9-13-19(18)25/h8-9,12-13,17,21H,6-7,10-11,14-16H2,1-5H3/t21?,24-/m0/s1. The van der Waals surface area contributed by atoms with Crippen molar-refractivity contribution >= 4 is 29.4 Å². The van der Waals surface area contributed by atoms with Crippen LogP contribution in [0.4, 0.5) is 4.79 Å². The number of Topliss-reactive ketones (excluding diaryl/α,β-unsaturated/α-hetero) is 1. The normalized spacial score (nSPS) is 19.7. The van der Waals surface area contributed by atoms with Gasteiger partial charge in [0.25, 0.3) is 0 Å². The first-order chi connectivity index (χ1) is 15.2. The van der Waals surface area contributed by atoms with Gasteiger partial charge in [0, 0.05) is 24.1 Å². The first kappa shape index (κ1) is 26.1. The monoisotopic (exact) mass is 466 g/mol. The Labute approximate surface area is 196 Å². The molecule has 1 unspecified atom stereocenters. The van der Waals surface area contributed by atoms with Crippen LogP contribution in [0, 0.1) is 5.92 Å². The number of hydrogen-bond donors (Lipinski definition) is 0. The molecule has 0 bridgehead atoms. The molecule has 1 fully saturated rings. The maximum atomic E-state index is 13.1. The van der Waals surface area contributed by atoms with Gasteiger partial charge in [-0.1, -0.05) is 57.5 Å². The predicted octanol–water partition coefficient (Wildman–Crippen LogP) is 4.61. The molecule has 1 saturated carbocycles. The van der Waals surface area contributed by atoms with Crippen molar-refractivity contribution in [1.29, 1.82) is 0 Å². The lowest BCUT2D eigenvalue weighted by Crippen LogP contribution is -2.54. The molecule has 32 heavy (non-hydrogen) atoms. The minimum atomic E-state index is -1.20. The highest BCUT2D eigenvalue weighted by Gasteiger charge is 2.48. The predicted molar refractivity (Wildman–Crippen MR) is 123 cm³/mol. The number of carbonyl (C=O) groups excluding carboxylic acids is 3. The zero-order valence-corrected chi connectivity index (χ0v) is 20.5. The van der Waals surface area contributed by atoms with Gasteiger partial charge in [-0.05, 0) is 44.3 Å². The molecule has 1 aromatic carbocycles. The molecule has 2 atom stereocenters. The summed E-state index contributed by atoms with van der Waals surface area (Å²) in [6.07, 6.45) is 1.63. The van der Waals surface area contributed by atoms with Gasteiger partial charge in [0.2, 0.25) is 6.79 Å². The van der Waals surface area contributed by atoms with Gasteiger partial charge in [0.15, 0.2) is 5.78 Å². The lowest BCUT2D eigenvalue weighted by atomic mass is 9.74. The quantitative estimate of drug-likeness (QED) is 0.390. The number of likely N-dealkylation sites (N-methyl/N-ethyl adjacent to an activating group) is 2. The lowest BCUT2D eigenvalue weighted by molar-refractivity contribution is -0.161. The summed E-state index contributed by atoms with van der Waals surface area (Å²) in [5, 5.41) is 0.424. The van der Waals surface area contributed by atoms with Gasteiger partial charge in [-0.3, -0.25) is 19.4 Å². The molecule has 2 rings (SSSR count). The minimum absolute atomic E-state index is 0.0455. The molecule has 0 aliphatic heterocycles. The van der Waals surface area contributed by atoms with Crippen LogP contribution in [-0.4, -0.2) is 60.6 Å². The smallest absolute Gasteiger partial charge is 0.413 e. The second kappa shape index (κ2) is 11.7. The number of nitrogens with zero attached hydrogens (tertiary/aromatic N) is 2. The maximum absolute atomic E-state index is 13.1. The van der Waals surface area contributed by atoms with Crippen LogP contribution in [0.3, 0.4) is 0 Å². The van der Waals surface area contributed by atoms with Crippen molar-refractivity contribution < 1.29 is 23.9 Å². The fourth-order valence-electron chi connectivity index (χ4n) is 4.57. The summed E-state index contributed by atoms with van der Waals surface area (Å²) in [5.41, 5.74) is -0.608. The zero-order valence-electron chi connectivity index (χ0n) is 19.7. The van der Waals surface area contributed by atoms with E-state index >= 15 is 0 Å². The Balaban J connectivity index is 2.13. The van der Waals surface area contributed by atoms with Gasteiger partial charge in [-0.15, -0.1) is 0 Å². The summed E-state index contributed by atoms with van der Waals surface area (Å²) < 4.78 is 10.6. The highest BCUT2D eigenvalue weighted by Crippen LogP contribution is 2.42. The number of ether oxygens (including phenoxy) is 2. The Hall–Kier alpha value is -2.12. The number of carbonyl (C=O) groups is 3. The van der Waals surface area contributed by atoms with Crippen molar-refractivity contribution in [3.8, 4) is 0 Å². The van der Waals surface area contributed by atoms with E-state index in [1.807, 2.05) is 32.6 Å². The molecule has 1 aliphatic rings. The Morgan fingerprint density at radius 1 is 1.12 bits per heavy atom. The summed E-state index contributed by atoms with van der Waals surface area (Å²) >= 11 is 6.42. The molecule has 0 N–H and O–H groups in total. The second-order valence-electron chi connectivity index (χ2n) is 8.43. The van der Waals surface area contributed by atoms with Crippen LogP contribution in [-0.2, 0) is 24.6 Å². The molecule has 0 saturated heterocycles. The van der Waals surface area contributed by atoms with Crippen LogP contribution in [0.5, 0.6) is 0 Å². The molecule has 0 aromatic heterocycles. The van der Waals surface area contributed by atoms with Crippen molar-refractivity contribution in [3.63, 3.8) is 0 Å². The lowest BCUT2D eigenvalue weighted by Gasteiger charge is -2.43. The molecular weight excluding hydrogens is 432 g/mol. The molecule has 1 aliphatic carbocycles. The molecule has 7 nitrogen and oxygen atoms in total. The average Bonchev–Trinajstić information content (AvgIpc) is 2.77. The van der Waals surface area contributed by atoms with E-state index in [-0.39, 0.29) is 11.7 Å². The van der Waals surface area contributed by atoms with Crippen LogP contribution in [0.15, 0.2) is 24.3 Å². The number of ketones is 1. The van der Waals surface area contributed by atoms with E-state index in [2.05, 4.69) is 0 Å². The summed E-state index contributed by atoms with van der Waals surface area (Å²) in [4.78, 5) is 42.0. The number of benzene rings is 1. The minimum Gasteiger partial charge on any atom is -0.427 e. The highest BCUT2D eigenvalue weighted by atomic mass is 35.5. The molecule has 178 valence electrons. The fraction of sp³-hybridized carbons (Fsp3) is 0.625. The number of hydrogen-bond acceptors (Lipinski definition) is 6. The zero-order chi connectivity index (χ0) is 23.9. The Morgan fingerprint density at radius 2 is 1.78 bits per heavy atom. The third-order valence-electron chi connectivity index (χ3n) is 6.28. The number of amides is 1. The number of esters is 1. The van der Waals surface area contributed by atoms with Gasteiger partial charge < -0.3 is 9.47 Å². The number of rotatable bonds is 9. The Bertz CT molecular complexity index is 811. The van der Waals surface area contributed by atoms with Crippen LogP contribution >= 0.6 is 11.6 Å². The first-order valence-corrected chi connectivity index (χ1v) is 11.7. The molecule has 0 radical (unpaired) electrons. The van der Waals surface area contributed by atoms with Gasteiger partial charge >= 0.3 is 12.1 Å². The van der Waals surface area contributed by atoms with E-state index in [1.165, 1.54) is 11.9 Å². The summed E-state index contributed by atoms with van der Waals surface area (Å²) in [5.74, 6) is -0.465. The molecular formula is C24H35ClN2O5. The SMILES string of the molecule is CCN(CC)C(C(=O)OCOC(=O)N(C)[C@]1(c2ccccc2Cl)CCCCC1=O)C(C)C. The summed E-state index contributed by atoms with van der Waals surface area (Å²) in [6.45, 7) is 8.77. The van der Waals surface area contributed by atoms with E-state index in [9.17, 15) is 14.4 Å².